The van der Waals surface area contributed by atoms with E-state index >= 15 is 0 Å². The predicted molar refractivity (Wildman–Crippen MR) is 487 cm³/mol. The molecule has 1 unspecified atom stereocenters. The number of β-amino-alcohol motifs (C(OH)–C–C–N with tert-alkyl or cyclic N) is 4. The van der Waals surface area contributed by atoms with Crippen molar-refractivity contribution in [3.05, 3.63) is 199 Å². The average Bonchev–Trinajstić information content (AvgIpc) is 1.62. The lowest BCUT2D eigenvalue weighted by Crippen LogP contribution is -2.57. The van der Waals surface area contributed by atoms with Crippen LogP contribution in [0.15, 0.2) is 137 Å². The Morgan fingerprint density at radius 1 is 0.458 bits per heavy atom. The minimum absolute atomic E-state index is 0.00306. The number of rotatable bonds is 29. The second-order valence-corrected chi connectivity index (χ2v) is 37.2. The molecule has 11 atom stereocenters. The molecule has 8 amide bonds. The van der Waals surface area contributed by atoms with Gasteiger partial charge in [0.25, 0.3) is 11.8 Å². The lowest BCUT2D eigenvalue weighted by atomic mass is 9.97. The van der Waals surface area contributed by atoms with Gasteiger partial charge in [-0.1, -0.05) is 117 Å². The number of thiazole rings is 4. The SMILES string of the molecule is CC(=O)NC(C(=O)N1C[C@H](O)C[C@H]1C(=O)CCc1ccc(-c2scnc2C)cc1)C(F)(F)F.CC(=O)NCC(=O)N1C[C@H](O)C[C@H]1C(=O)CCc1ccc(-c2scnc2C)cc1.CC(=O)N[C@@H](C)C(=O)N1C[C@H](O)C[C@H]1C(=O)CCc1ccc(-c2scnc2C)cc1.Cc1ncsc1-c1ccc(CCC(=O)[C@@H]2C[C@@H](O)CN2C(=O)[C@H](C(C)C)N2Cc3ccccc3C2=O)c(F)c1. The Labute approximate surface area is 772 Å². The number of aliphatic hydroxyl groups excluding tert-OH is 4. The van der Waals surface area contributed by atoms with E-state index < -0.39 is 97.0 Å². The number of carbonyl (C=O) groups excluding carboxylic acids is 12. The molecule has 696 valence electrons. The third-order valence-electron chi connectivity index (χ3n) is 23.6. The Bertz CT molecular complexity index is 5610. The number of fused-ring (bicyclic) bond motifs is 1. The maximum Gasteiger partial charge on any atom is 0.417 e. The zero-order valence-corrected chi connectivity index (χ0v) is 77.6. The van der Waals surface area contributed by atoms with Crippen molar-refractivity contribution < 1.29 is 95.5 Å². The molecule has 4 saturated heterocycles. The summed E-state index contributed by atoms with van der Waals surface area (Å²) in [4.78, 5) is 177. The van der Waals surface area contributed by atoms with E-state index in [0.717, 1.165) is 98.6 Å². The van der Waals surface area contributed by atoms with Crippen LogP contribution in [0.4, 0.5) is 17.6 Å². The van der Waals surface area contributed by atoms with E-state index in [1.807, 2.05) is 144 Å². The summed E-state index contributed by atoms with van der Waals surface area (Å²) in [7, 11) is 0. The largest absolute Gasteiger partial charge is 0.417 e. The number of aryl methyl sites for hydroxylation is 8. The van der Waals surface area contributed by atoms with Crippen molar-refractivity contribution in [3.63, 3.8) is 0 Å². The van der Waals surface area contributed by atoms with Crippen molar-refractivity contribution >= 4 is 116 Å². The lowest BCUT2D eigenvalue weighted by Gasteiger charge is -2.35. The van der Waals surface area contributed by atoms with E-state index in [4.69, 9.17) is 0 Å². The summed E-state index contributed by atoms with van der Waals surface area (Å²) in [6.45, 7) is 16.7. The number of ketones is 4. The first-order valence-corrected chi connectivity index (χ1v) is 46.7. The zero-order chi connectivity index (χ0) is 95.0. The highest BCUT2D eigenvalue weighted by Gasteiger charge is 2.52. The van der Waals surface area contributed by atoms with Gasteiger partial charge in [0.15, 0.2) is 23.1 Å². The van der Waals surface area contributed by atoms with E-state index in [-0.39, 0.29) is 142 Å². The minimum Gasteiger partial charge on any atom is -0.391 e. The van der Waals surface area contributed by atoms with Crippen LogP contribution in [-0.2, 0) is 85.0 Å². The highest BCUT2D eigenvalue weighted by molar-refractivity contribution is 7.14. The van der Waals surface area contributed by atoms with E-state index in [1.165, 1.54) is 57.3 Å². The molecule has 5 aliphatic rings. The van der Waals surface area contributed by atoms with Crippen LogP contribution in [-0.4, -0.2) is 241 Å². The summed E-state index contributed by atoms with van der Waals surface area (Å²) in [5, 5.41) is 46.9. The number of benzene rings is 5. The second-order valence-electron chi connectivity index (χ2n) is 33.8. The smallest absolute Gasteiger partial charge is 0.391 e. The number of nitrogens with zero attached hydrogens (tertiary/aromatic N) is 9. The first-order chi connectivity index (χ1) is 62.2. The van der Waals surface area contributed by atoms with Crippen LogP contribution >= 0.6 is 45.3 Å². The number of hydrogen-bond donors (Lipinski definition) is 7. The molecule has 7 N–H and O–H groups in total. The van der Waals surface area contributed by atoms with Crippen LogP contribution in [0.2, 0.25) is 0 Å². The van der Waals surface area contributed by atoms with Crippen molar-refractivity contribution in [1.29, 1.82) is 0 Å². The van der Waals surface area contributed by atoms with Gasteiger partial charge < -0.3 is 60.9 Å². The summed E-state index contributed by atoms with van der Waals surface area (Å²) in [6.07, 6.45) is -5.66. The van der Waals surface area contributed by atoms with Gasteiger partial charge in [-0.3, -0.25) is 57.5 Å². The third kappa shape index (κ3) is 25.9. The molecular formula is C95H108F4N12O16S4. The number of alkyl halides is 3. The molecule has 28 nitrogen and oxygen atoms in total. The molecule has 14 rings (SSSR count). The molecule has 36 heteroatoms. The maximum atomic E-state index is 14.9. The van der Waals surface area contributed by atoms with Crippen LogP contribution in [0.3, 0.4) is 0 Å². The normalized spacial score (nSPS) is 19.3. The van der Waals surface area contributed by atoms with Gasteiger partial charge in [0.2, 0.25) is 41.5 Å². The highest BCUT2D eigenvalue weighted by Crippen LogP contribution is 2.37. The molecule has 0 saturated carbocycles. The minimum atomic E-state index is -5.03. The van der Waals surface area contributed by atoms with Crippen LogP contribution in [0, 0.1) is 39.4 Å². The topological polar surface area (TPSA) is 390 Å². The van der Waals surface area contributed by atoms with Crippen molar-refractivity contribution in [2.24, 2.45) is 5.92 Å². The van der Waals surface area contributed by atoms with Gasteiger partial charge in [-0.15, -0.1) is 45.3 Å². The van der Waals surface area contributed by atoms with E-state index in [0.29, 0.717) is 43.4 Å². The Balaban J connectivity index is 0.000000170. The molecular weight excluding hydrogens is 1770 g/mol. The number of amides is 8. The number of hydrogen-bond acceptors (Lipinski definition) is 24. The monoisotopic (exact) mass is 1880 g/mol. The number of Topliss-reactive ketones (excluding diaryl/α,β-unsaturated/α-hetero) is 4. The Morgan fingerprint density at radius 3 is 1.18 bits per heavy atom. The molecule has 5 aliphatic heterocycles. The first-order valence-electron chi connectivity index (χ1n) is 43.2. The average molecular weight is 1880 g/mol. The number of likely N-dealkylation sites (tertiary alicyclic amines) is 4. The number of aromatic nitrogens is 4. The van der Waals surface area contributed by atoms with Crippen LogP contribution < -0.4 is 16.0 Å². The molecule has 4 aromatic heterocycles. The fraction of sp³-hybridized carbons (Fsp3) is 0.432. The molecule has 9 heterocycles. The van der Waals surface area contributed by atoms with E-state index in [9.17, 15) is 95.5 Å². The molecule has 4 fully saturated rings. The van der Waals surface area contributed by atoms with Gasteiger partial charge in [-0.2, -0.15) is 13.2 Å². The van der Waals surface area contributed by atoms with Crippen molar-refractivity contribution in [2.45, 2.75) is 226 Å². The van der Waals surface area contributed by atoms with Gasteiger partial charge in [-0.25, -0.2) is 24.3 Å². The maximum absolute atomic E-state index is 14.9. The highest BCUT2D eigenvalue weighted by atomic mass is 32.1. The fourth-order valence-corrected chi connectivity index (χ4v) is 20.1. The summed E-state index contributed by atoms with van der Waals surface area (Å²) in [5.74, 6) is -5.70. The van der Waals surface area contributed by atoms with E-state index in [1.54, 1.807) is 69.0 Å². The number of aliphatic hydroxyl groups is 4. The predicted octanol–water partition coefficient (Wildman–Crippen LogP) is 10.9. The third-order valence-corrected chi connectivity index (χ3v) is 27.5. The molecule has 0 aliphatic carbocycles. The Morgan fingerprint density at radius 2 is 0.817 bits per heavy atom. The van der Waals surface area contributed by atoms with Crippen molar-refractivity contribution in [3.8, 4) is 41.8 Å². The van der Waals surface area contributed by atoms with Gasteiger partial charge in [0, 0.05) is 110 Å². The van der Waals surface area contributed by atoms with Gasteiger partial charge in [0.05, 0.1) is 119 Å². The van der Waals surface area contributed by atoms with Gasteiger partial charge in [-0.05, 0) is 128 Å². The van der Waals surface area contributed by atoms with Gasteiger partial charge in [0.1, 0.15) is 17.9 Å². The second kappa shape index (κ2) is 45.2. The summed E-state index contributed by atoms with van der Waals surface area (Å²) >= 11 is 6.17. The Hall–Kier alpha value is -11.4. The van der Waals surface area contributed by atoms with E-state index in [2.05, 4.69) is 30.6 Å². The first kappa shape index (κ1) is 100. The molecule has 5 aromatic carbocycles. The standard InChI is InChI=1S/C30H32FN3O4S.C22H24F3N3O4S.C22H27N3O4S.C21H25N3O4S/c1-17(2)27(34-14-21-6-4-5-7-23(21)29(34)37)30(38)33-15-22(35)13-25(33)26(36)11-10-19-8-9-20(12-24(19)31)28-18(3)32-16-39-28;1-12-19(33-11-26-12)15-6-3-14(4-7-15)5-8-18(31)17-9-16(30)10-28(17)21(32)20(22(23,24)25)27-13(2)29;1-13-21(30-12-23-13)17-7-4-16(5-8-17)6-9-20(28)19-10-18(27)11-25(19)22(29)14(2)24-15(3)26;1-13-21(29-12-23-13)16-6-3-15(4-7-16)5-8-19(27)18-9-17(26)11-24(18)20(28)10-22-14(2)25/h4-9,12,16-17,22,25,27,35H,10-11,13-15H2,1-3H3;3-4,6-7,11,16-17,20,30H,5,8-10H2,1-2H3,(H,27,29);4-5,7-8,12,14,18-19,27H,6,9-11H2,1-3H3,(H,24,26);3-4,6-7,12,17-18,26H,5,8-11H2,1-2H3,(H,22,25)/t22-,25+,27+;16-,17+,20?;14-,18+,19-;17-,18+/m1101/s1. The summed E-state index contributed by atoms with van der Waals surface area (Å²) in [6, 6.07) is 28.5. The number of carbonyl (C=O) groups is 12. The number of halogens is 4. The zero-order valence-electron chi connectivity index (χ0n) is 74.3. The quantitative estimate of drug-likeness (QED) is 0.0214. The van der Waals surface area contributed by atoms with Crippen molar-refractivity contribution in [2.75, 3.05) is 32.7 Å². The number of nitrogens with one attached hydrogen (secondary N) is 3. The van der Waals surface area contributed by atoms with Crippen molar-refractivity contribution in [1.82, 2.24) is 60.4 Å². The van der Waals surface area contributed by atoms with Crippen LogP contribution in [0.1, 0.15) is 154 Å². The molecule has 131 heavy (non-hydrogen) atoms. The molecule has 0 bridgehead atoms. The molecule has 0 radical (unpaired) electrons. The van der Waals surface area contributed by atoms with Crippen LogP contribution in [0.25, 0.3) is 41.8 Å². The summed E-state index contributed by atoms with van der Waals surface area (Å²) in [5.41, 5.74) is 19.7. The molecule has 0 spiro atoms. The fourth-order valence-electron chi connectivity index (χ4n) is 16.9. The Kier molecular flexibility index (Phi) is 34.5. The lowest BCUT2D eigenvalue weighted by molar-refractivity contribution is -0.179. The molecule has 9 aromatic rings. The summed E-state index contributed by atoms with van der Waals surface area (Å²) < 4.78 is 54.9. The van der Waals surface area contributed by atoms with Crippen LogP contribution in [0.5, 0.6) is 0 Å². The van der Waals surface area contributed by atoms with Gasteiger partial charge >= 0.3 is 6.18 Å².